The van der Waals surface area contributed by atoms with Gasteiger partial charge < -0.3 is 10.1 Å². The molecule has 3 aromatic rings. The molecule has 0 fully saturated rings. The third-order valence-corrected chi connectivity index (χ3v) is 3.88. The van der Waals surface area contributed by atoms with Crippen LogP contribution < -0.4 is 10.1 Å². The van der Waals surface area contributed by atoms with Gasteiger partial charge in [-0.15, -0.1) is 0 Å². The first-order chi connectivity index (χ1) is 11.3. The SMILES string of the molecule is COc1cccc(-c2ccc(CNC(=O)c3cnsn3)cc2)c1. The Morgan fingerprint density at radius 2 is 2.00 bits per heavy atom. The van der Waals surface area contributed by atoms with Crippen LogP contribution in [0.2, 0.25) is 0 Å². The van der Waals surface area contributed by atoms with Crippen molar-refractivity contribution in [1.82, 2.24) is 14.1 Å². The molecule has 0 saturated carbocycles. The minimum atomic E-state index is -0.212. The number of rotatable bonds is 5. The monoisotopic (exact) mass is 325 g/mol. The maximum atomic E-state index is 11.8. The van der Waals surface area contributed by atoms with Crippen molar-refractivity contribution in [2.45, 2.75) is 6.54 Å². The molecule has 0 aliphatic rings. The predicted octanol–water partition coefficient (Wildman–Crippen LogP) is 3.14. The van der Waals surface area contributed by atoms with Gasteiger partial charge in [0.2, 0.25) is 0 Å². The van der Waals surface area contributed by atoms with Gasteiger partial charge in [-0.3, -0.25) is 4.79 Å². The molecule has 116 valence electrons. The minimum absolute atomic E-state index is 0.212. The van der Waals surface area contributed by atoms with E-state index in [9.17, 15) is 4.79 Å². The highest BCUT2D eigenvalue weighted by Gasteiger charge is 2.08. The van der Waals surface area contributed by atoms with Crippen LogP contribution >= 0.6 is 11.7 Å². The standard InChI is InChI=1S/C17H15N3O2S/c1-22-15-4-2-3-14(9-15)13-7-5-12(6-8-13)10-18-17(21)16-11-19-23-20-16/h2-9,11H,10H2,1H3,(H,18,21). The normalized spacial score (nSPS) is 10.3. The molecule has 1 heterocycles. The van der Waals surface area contributed by atoms with Gasteiger partial charge in [-0.05, 0) is 28.8 Å². The van der Waals surface area contributed by atoms with Crippen LogP contribution in [0.5, 0.6) is 5.75 Å². The fourth-order valence-corrected chi connectivity index (χ4v) is 2.57. The number of nitrogens with one attached hydrogen (secondary N) is 1. The number of hydrogen-bond donors (Lipinski definition) is 1. The quantitative estimate of drug-likeness (QED) is 0.783. The van der Waals surface area contributed by atoms with Crippen molar-refractivity contribution in [3.63, 3.8) is 0 Å². The Balaban J connectivity index is 1.66. The summed E-state index contributed by atoms with van der Waals surface area (Å²) in [5.41, 5.74) is 3.56. The molecule has 0 radical (unpaired) electrons. The van der Waals surface area contributed by atoms with Crippen molar-refractivity contribution in [3.05, 3.63) is 66.0 Å². The first kappa shape index (κ1) is 15.2. The zero-order chi connectivity index (χ0) is 16.1. The lowest BCUT2D eigenvalue weighted by Gasteiger charge is -2.07. The van der Waals surface area contributed by atoms with E-state index in [1.54, 1.807) is 7.11 Å². The van der Waals surface area contributed by atoms with Crippen LogP contribution in [0.4, 0.5) is 0 Å². The van der Waals surface area contributed by atoms with Gasteiger partial charge in [0.1, 0.15) is 5.75 Å². The maximum Gasteiger partial charge on any atom is 0.272 e. The van der Waals surface area contributed by atoms with E-state index in [4.69, 9.17) is 4.74 Å². The number of amides is 1. The Morgan fingerprint density at radius 3 is 2.70 bits per heavy atom. The molecule has 5 nitrogen and oxygen atoms in total. The predicted molar refractivity (Wildman–Crippen MR) is 89.5 cm³/mol. The van der Waals surface area contributed by atoms with Gasteiger partial charge in [-0.2, -0.15) is 8.75 Å². The fourth-order valence-electron chi connectivity index (χ4n) is 2.16. The van der Waals surface area contributed by atoms with Crippen LogP contribution in [0, 0.1) is 0 Å². The van der Waals surface area contributed by atoms with Crippen molar-refractivity contribution in [2.75, 3.05) is 7.11 Å². The minimum Gasteiger partial charge on any atom is -0.497 e. The van der Waals surface area contributed by atoms with Gasteiger partial charge in [0, 0.05) is 6.54 Å². The van der Waals surface area contributed by atoms with Gasteiger partial charge in [-0.1, -0.05) is 36.4 Å². The van der Waals surface area contributed by atoms with E-state index in [2.05, 4.69) is 14.1 Å². The fraction of sp³-hybridized carbons (Fsp3) is 0.118. The van der Waals surface area contributed by atoms with Crippen molar-refractivity contribution >= 4 is 17.6 Å². The van der Waals surface area contributed by atoms with E-state index in [1.807, 2.05) is 48.5 Å². The number of hydrogen-bond acceptors (Lipinski definition) is 5. The number of aromatic nitrogens is 2. The summed E-state index contributed by atoms with van der Waals surface area (Å²) in [6.45, 7) is 0.453. The maximum absolute atomic E-state index is 11.8. The highest BCUT2D eigenvalue weighted by atomic mass is 32.1. The van der Waals surface area contributed by atoms with Crippen molar-refractivity contribution in [2.24, 2.45) is 0 Å². The van der Waals surface area contributed by atoms with Crippen LogP contribution in [0.1, 0.15) is 16.1 Å². The third-order valence-electron chi connectivity index (χ3n) is 3.40. The summed E-state index contributed by atoms with van der Waals surface area (Å²) in [6.07, 6.45) is 1.46. The van der Waals surface area contributed by atoms with Crippen LogP contribution in [0.3, 0.4) is 0 Å². The number of ether oxygens (including phenoxy) is 1. The Morgan fingerprint density at radius 1 is 1.17 bits per heavy atom. The lowest BCUT2D eigenvalue weighted by Crippen LogP contribution is -2.22. The molecule has 23 heavy (non-hydrogen) atoms. The highest BCUT2D eigenvalue weighted by molar-refractivity contribution is 6.99. The van der Waals surface area contributed by atoms with Crippen LogP contribution in [-0.2, 0) is 6.54 Å². The molecular formula is C17H15N3O2S. The molecule has 0 unspecified atom stereocenters. The lowest BCUT2D eigenvalue weighted by molar-refractivity contribution is 0.0947. The van der Waals surface area contributed by atoms with Crippen LogP contribution in [0.25, 0.3) is 11.1 Å². The summed E-state index contributed by atoms with van der Waals surface area (Å²) >= 11 is 1.02. The van der Waals surface area contributed by atoms with Crippen molar-refractivity contribution in [3.8, 4) is 16.9 Å². The van der Waals surface area contributed by atoms with Crippen molar-refractivity contribution in [1.29, 1.82) is 0 Å². The second kappa shape index (κ2) is 7.02. The Bertz CT molecular complexity index is 786. The molecule has 0 atom stereocenters. The number of methoxy groups -OCH3 is 1. The molecule has 2 aromatic carbocycles. The molecular weight excluding hydrogens is 310 g/mol. The third kappa shape index (κ3) is 3.73. The summed E-state index contributed by atoms with van der Waals surface area (Å²) in [5, 5.41) is 2.82. The van der Waals surface area contributed by atoms with E-state index in [0.29, 0.717) is 12.2 Å². The first-order valence-corrected chi connectivity index (χ1v) is 7.78. The van der Waals surface area contributed by atoms with E-state index in [0.717, 1.165) is 34.2 Å². The first-order valence-electron chi connectivity index (χ1n) is 7.05. The van der Waals surface area contributed by atoms with E-state index in [1.165, 1.54) is 6.20 Å². The number of carbonyl (C=O) groups excluding carboxylic acids is 1. The molecule has 0 spiro atoms. The Labute approximate surface area is 138 Å². The lowest BCUT2D eigenvalue weighted by atomic mass is 10.0. The number of benzene rings is 2. The molecule has 0 saturated heterocycles. The topological polar surface area (TPSA) is 64.1 Å². The van der Waals surface area contributed by atoms with Gasteiger partial charge >= 0.3 is 0 Å². The molecule has 6 heteroatoms. The van der Waals surface area contributed by atoms with Gasteiger partial charge in [0.05, 0.1) is 25.0 Å². The molecule has 0 aliphatic heterocycles. The van der Waals surface area contributed by atoms with Crippen LogP contribution in [0.15, 0.2) is 54.7 Å². The summed E-state index contributed by atoms with van der Waals surface area (Å²) in [4.78, 5) is 11.8. The van der Waals surface area contributed by atoms with E-state index < -0.39 is 0 Å². The van der Waals surface area contributed by atoms with Crippen molar-refractivity contribution < 1.29 is 9.53 Å². The van der Waals surface area contributed by atoms with Gasteiger partial charge in [-0.25, -0.2) is 0 Å². The molecule has 1 aromatic heterocycles. The summed E-state index contributed by atoms with van der Waals surface area (Å²) in [7, 11) is 1.66. The molecule has 1 N–H and O–H groups in total. The highest BCUT2D eigenvalue weighted by Crippen LogP contribution is 2.24. The molecule has 0 aliphatic carbocycles. The second-order valence-electron chi connectivity index (χ2n) is 4.90. The summed E-state index contributed by atoms with van der Waals surface area (Å²) < 4.78 is 13.0. The Hall–Kier alpha value is -2.73. The average Bonchev–Trinajstić information content (AvgIpc) is 3.15. The van der Waals surface area contributed by atoms with Gasteiger partial charge in [0.15, 0.2) is 5.69 Å². The van der Waals surface area contributed by atoms with E-state index >= 15 is 0 Å². The molecule has 3 rings (SSSR count). The largest absolute Gasteiger partial charge is 0.497 e. The summed E-state index contributed by atoms with van der Waals surface area (Å²) in [5.74, 6) is 0.617. The number of carbonyl (C=O) groups is 1. The average molecular weight is 325 g/mol. The second-order valence-corrected chi connectivity index (χ2v) is 5.46. The Kier molecular flexibility index (Phi) is 4.63. The van der Waals surface area contributed by atoms with Gasteiger partial charge in [0.25, 0.3) is 5.91 Å². The molecule has 1 amide bonds. The number of nitrogens with zero attached hydrogens (tertiary/aromatic N) is 2. The zero-order valence-corrected chi connectivity index (χ0v) is 13.3. The zero-order valence-electron chi connectivity index (χ0n) is 12.5. The smallest absolute Gasteiger partial charge is 0.272 e. The summed E-state index contributed by atoms with van der Waals surface area (Å²) in [6, 6.07) is 16.0. The van der Waals surface area contributed by atoms with E-state index in [-0.39, 0.29) is 5.91 Å². The van der Waals surface area contributed by atoms with Crippen LogP contribution in [-0.4, -0.2) is 21.8 Å². The molecule has 0 bridgehead atoms.